The monoisotopic (exact) mass is 376 g/mol. The molecular weight excluding hydrogens is 351 g/mol. The summed E-state index contributed by atoms with van der Waals surface area (Å²) in [7, 11) is 0. The molecule has 2 amide bonds. The van der Waals surface area contributed by atoms with Crippen molar-refractivity contribution in [2.75, 3.05) is 5.32 Å². The van der Waals surface area contributed by atoms with Crippen LogP contribution in [-0.4, -0.2) is 29.9 Å². The molecule has 0 bridgehead atoms. The fourth-order valence-corrected chi connectivity index (χ4v) is 3.70. The van der Waals surface area contributed by atoms with Gasteiger partial charge in [-0.1, -0.05) is 31.7 Å². The van der Waals surface area contributed by atoms with Crippen molar-refractivity contribution >= 4 is 23.5 Å². The minimum Gasteiger partial charge on any atom is -0.452 e. The average Bonchev–Trinajstić information content (AvgIpc) is 2.89. The lowest BCUT2D eigenvalue weighted by molar-refractivity contribution is -0.157. The van der Waals surface area contributed by atoms with Crippen molar-refractivity contribution < 1.29 is 23.5 Å². The molecule has 0 radical (unpaired) electrons. The first-order chi connectivity index (χ1) is 12.9. The van der Waals surface area contributed by atoms with Gasteiger partial charge in [-0.05, 0) is 37.5 Å². The number of carbonyl (C=O) groups is 3. The van der Waals surface area contributed by atoms with Gasteiger partial charge in [0.1, 0.15) is 5.82 Å². The molecule has 2 atom stereocenters. The van der Waals surface area contributed by atoms with Gasteiger partial charge in [0.2, 0.25) is 5.91 Å². The summed E-state index contributed by atoms with van der Waals surface area (Å²) in [6.07, 6.45) is 5.38. The van der Waals surface area contributed by atoms with E-state index < -0.39 is 23.8 Å². The molecule has 7 heteroatoms. The summed E-state index contributed by atoms with van der Waals surface area (Å²) in [5, 5.41) is 5.51. The van der Waals surface area contributed by atoms with Crippen molar-refractivity contribution in [2.45, 2.75) is 69.9 Å². The van der Waals surface area contributed by atoms with Crippen LogP contribution in [0.2, 0.25) is 0 Å². The number of benzene rings is 1. The molecule has 6 nitrogen and oxygen atoms in total. The van der Waals surface area contributed by atoms with Crippen LogP contribution in [0.15, 0.2) is 18.2 Å². The van der Waals surface area contributed by atoms with Gasteiger partial charge in [-0.3, -0.25) is 14.4 Å². The number of anilines is 1. The summed E-state index contributed by atoms with van der Waals surface area (Å²) < 4.78 is 18.7. The van der Waals surface area contributed by atoms with Gasteiger partial charge in [-0.25, -0.2) is 4.39 Å². The van der Waals surface area contributed by atoms with Crippen LogP contribution in [0.5, 0.6) is 0 Å². The fraction of sp³-hybridized carbons (Fsp3) is 0.550. The van der Waals surface area contributed by atoms with E-state index in [1.54, 1.807) is 0 Å². The lowest BCUT2D eigenvalue weighted by Crippen LogP contribution is -2.42. The Morgan fingerprint density at radius 1 is 1.22 bits per heavy atom. The molecule has 0 unspecified atom stereocenters. The summed E-state index contributed by atoms with van der Waals surface area (Å²) in [5.41, 5.74) is 0.765. The highest BCUT2D eigenvalue weighted by Gasteiger charge is 2.34. The smallest absolute Gasteiger partial charge is 0.314 e. The van der Waals surface area contributed by atoms with E-state index in [2.05, 4.69) is 10.6 Å². The number of carbonyl (C=O) groups excluding carboxylic acids is 3. The topological polar surface area (TPSA) is 84.5 Å². The first-order valence-electron chi connectivity index (χ1n) is 9.54. The van der Waals surface area contributed by atoms with Gasteiger partial charge in [0, 0.05) is 18.2 Å². The zero-order valence-electron chi connectivity index (χ0n) is 15.4. The predicted molar refractivity (Wildman–Crippen MR) is 97.6 cm³/mol. The number of ether oxygens (including phenoxy) is 1. The van der Waals surface area contributed by atoms with E-state index in [1.807, 2.05) is 0 Å². The number of hydrogen-bond donors (Lipinski definition) is 2. The zero-order valence-corrected chi connectivity index (χ0v) is 15.4. The maximum atomic E-state index is 13.4. The van der Waals surface area contributed by atoms with Gasteiger partial charge in [-0.2, -0.15) is 0 Å². The summed E-state index contributed by atoms with van der Waals surface area (Å²) in [4.78, 5) is 36.8. The van der Waals surface area contributed by atoms with E-state index in [4.69, 9.17) is 4.74 Å². The van der Waals surface area contributed by atoms with Crippen LogP contribution in [0.25, 0.3) is 0 Å². The highest BCUT2D eigenvalue weighted by Crippen LogP contribution is 2.33. The van der Waals surface area contributed by atoms with Gasteiger partial charge >= 0.3 is 5.97 Å². The Morgan fingerprint density at radius 3 is 2.63 bits per heavy atom. The second-order valence-electron chi connectivity index (χ2n) is 7.31. The molecule has 2 aliphatic rings. The van der Waals surface area contributed by atoms with E-state index in [1.165, 1.54) is 38.0 Å². The second kappa shape index (κ2) is 8.50. The molecule has 27 heavy (non-hydrogen) atoms. The molecule has 1 aliphatic carbocycles. The molecule has 146 valence electrons. The molecule has 3 rings (SSSR count). The second-order valence-corrected chi connectivity index (χ2v) is 7.31. The Kier molecular flexibility index (Phi) is 6.08. The van der Waals surface area contributed by atoms with Gasteiger partial charge in [-0.15, -0.1) is 0 Å². The zero-order chi connectivity index (χ0) is 19.4. The largest absolute Gasteiger partial charge is 0.452 e. The van der Waals surface area contributed by atoms with E-state index >= 15 is 0 Å². The van der Waals surface area contributed by atoms with Crippen molar-refractivity contribution in [1.29, 1.82) is 0 Å². The Morgan fingerprint density at radius 2 is 1.93 bits per heavy atom. The third-order valence-electron chi connectivity index (χ3n) is 5.20. The number of amides is 2. The molecule has 1 fully saturated rings. The van der Waals surface area contributed by atoms with Crippen LogP contribution in [0.1, 0.15) is 63.4 Å². The first kappa shape index (κ1) is 19.3. The summed E-state index contributed by atoms with van der Waals surface area (Å²) in [6, 6.07) is 3.99. The first-order valence-corrected chi connectivity index (χ1v) is 9.54. The number of fused-ring (bicyclic) bond motifs is 1. The summed E-state index contributed by atoms with van der Waals surface area (Å²) >= 11 is 0. The maximum Gasteiger partial charge on any atom is 0.314 e. The Bertz CT molecular complexity index is 729. The highest BCUT2D eigenvalue weighted by atomic mass is 19.1. The number of rotatable bonds is 4. The number of nitrogens with one attached hydrogen (secondary N) is 2. The predicted octanol–water partition coefficient (Wildman–Crippen LogP) is 3.02. The fourth-order valence-electron chi connectivity index (χ4n) is 3.70. The van der Waals surface area contributed by atoms with E-state index in [9.17, 15) is 18.8 Å². The van der Waals surface area contributed by atoms with Crippen LogP contribution >= 0.6 is 0 Å². The third-order valence-corrected chi connectivity index (χ3v) is 5.20. The van der Waals surface area contributed by atoms with Gasteiger partial charge in [0.15, 0.2) is 6.10 Å². The van der Waals surface area contributed by atoms with Gasteiger partial charge < -0.3 is 15.4 Å². The highest BCUT2D eigenvalue weighted by molar-refractivity contribution is 6.00. The van der Waals surface area contributed by atoms with E-state index in [-0.39, 0.29) is 30.0 Å². The normalized spacial score (nSPS) is 21.4. The van der Waals surface area contributed by atoms with Crippen LogP contribution < -0.4 is 10.6 Å². The van der Waals surface area contributed by atoms with Crippen molar-refractivity contribution in [3.05, 3.63) is 29.6 Å². The van der Waals surface area contributed by atoms with Crippen molar-refractivity contribution in [2.24, 2.45) is 0 Å². The molecule has 0 aromatic heterocycles. The van der Waals surface area contributed by atoms with Crippen LogP contribution in [0.4, 0.5) is 10.1 Å². The van der Waals surface area contributed by atoms with E-state index in [0.717, 1.165) is 25.7 Å². The summed E-state index contributed by atoms with van der Waals surface area (Å²) in [5.74, 6) is -2.71. The van der Waals surface area contributed by atoms with Crippen molar-refractivity contribution in [3.63, 3.8) is 0 Å². The lowest BCUT2D eigenvalue weighted by Gasteiger charge is -2.26. The van der Waals surface area contributed by atoms with Crippen molar-refractivity contribution in [3.8, 4) is 0 Å². The third kappa shape index (κ3) is 4.84. The number of halogens is 1. The lowest BCUT2D eigenvalue weighted by atomic mass is 9.90. The van der Waals surface area contributed by atoms with Crippen LogP contribution in [0.3, 0.4) is 0 Å². The SMILES string of the molecule is C[C@H](OC(=O)[C@@H]1CC(=O)Nc2cc(F)ccc21)C(=O)NC1CCCCCC1. The van der Waals surface area contributed by atoms with Crippen LogP contribution in [-0.2, 0) is 19.1 Å². The van der Waals surface area contributed by atoms with Crippen molar-refractivity contribution in [1.82, 2.24) is 5.32 Å². The van der Waals surface area contributed by atoms with Gasteiger partial charge in [0.25, 0.3) is 5.91 Å². The molecule has 1 aliphatic heterocycles. The van der Waals surface area contributed by atoms with Gasteiger partial charge in [0.05, 0.1) is 5.92 Å². The Balaban J connectivity index is 1.62. The maximum absolute atomic E-state index is 13.4. The quantitative estimate of drug-likeness (QED) is 0.625. The number of hydrogen-bond acceptors (Lipinski definition) is 4. The molecule has 1 heterocycles. The summed E-state index contributed by atoms with van der Waals surface area (Å²) in [6.45, 7) is 1.53. The van der Waals surface area contributed by atoms with E-state index in [0.29, 0.717) is 5.56 Å². The minimum atomic E-state index is -0.949. The molecular formula is C20H25FN2O4. The number of esters is 1. The molecule has 1 aromatic carbocycles. The van der Waals surface area contributed by atoms with Crippen LogP contribution in [0, 0.1) is 5.82 Å². The minimum absolute atomic E-state index is 0.0889. The molecule has 2 N–H and O–H groups in total. The Labute approximate surface area is 157 Å². The molecule has 1 saturated carbocycles. The standard InChI is InChI=1S/C20H25FN2O4/c1-12(19(25)22-14-6-4-2-3-5-7-14)27-20(26)16-11-18(24)23-17-10-13(21)8-9-15(16)17/h8-10,12,14,16H,2-7,11H2,1H3,(H,22,25)(H,23,24)/t12-,16+/m0/s1. The molecule has 1 aromatic rings. The average molecular weight is 376 g/mol. The molecule has 0 saturated heterocycles. The molecule has 0 spiro atoms. The Hall–Kier alpha value is -2.44.